The van der Waals surface area contributed by atoms with Gasteiger partial charge in [-0.25, -0.2) is 0 Å². The van der Waals surface area contributed by atoms with Crippen molar-refractivity contribution in [2.45, 2.75) is 19.2 Å². The molecule has 1 amide bonds. The van der Waals surface area contributed by atoms with Crippen molar-refractivity contribution in [3.05, 3.63) is 24.3 Å². The van der Waals surface area contributed by atoms with Crippen LogP contribution in [0.2, 0.25) is 0 Å². The highest BCUT2D eigenvalue weighted by Crippen LogP contribution is 2.23. The fourth-order valence-corrected chi connectivity index (χ4v) is 1.15. The molecule has 1 rings (SSSR count). The SMILES string of the molecule is O=CCCC(=O)Nc1ccc(OC(F)(F)F)cc1. The van der Waals surface area contributed by atoms with Crippen LogP contribution in [0.25, 0.3) is 0 Å². The number of hydrogen-bond donors (Lipinski definition) is 1. The Morgan fingerprint density at radius 3 is 2.39 bits per heavy atom. The predicted octanol–water partition coefficient (Wildman–Crippen LogP) is 2.50. The van der Waals surface area contributed by atoms with Crippen LogP contribution in [-0.2, 0) is 9.59 Å². The van der Waals surface area contributed by atoms with E-state index in [9.17, 15) is 22.8 Å². The standard InChI is InChI=1S/C11H10F3NO3/c12-11(13,14)18-9-5-3-8(4-6-9)15-10(17)2-1-7-16/h3-7H,1-2H2,(H,15,17). The molecule has 1 N–H and O–H groups in total. The number of anilines is 1. The number of alkyl halides is 3. The smallest absolute Gasteiger partial charge is 0.406 e. The third-order valence-electron chi connectivity index (χ3n) is 1.86. The molecule has 0 spiro atoms. The molecule has 0 radical (unpaired) electrons. The topological polar surface area (TPSA) is 55.4 Å². The fourth-order valence-electron chi connectivity index (χ4n) is 1.15. The Hall–Kier alpha value is -2.05. The quantitative estimate of drug-likeness (QED) is 0.828. The number of benzene rings is 1. The average molecular weight is 261 g/mol. The summed E-state index contributed by atoms with van der Waals surface area (Å²) in [6.07, 6.45) is -4.00. The molecule has 1 aromatic rings. The van der Waals surface area contributed by atoms with Crippen LogP contribution in [0, 0.1) is 0 Å². The van der Waals surface area contributed by atoms with Crippen molar-refractivity contribution in [3.63, 3.8) is 0 Å². The summed E-state index contributed by atoms with van der Waals surface area (Å²) in [6.45, 7) is 0. The van der Waals surface area contributed by atoms with Gasteiger partial charge in [0.05, 0.1) is 0 Å². The van der Waals surface area contributed by atoms with E-state index in [1.165, 1.54) is 12.1 Å². The van der Waals surface area contributed by atoms with Gasteiger partial charge in [-0.15, -0.1) is 13.2 Å². The van der Waals surface area contributed by atoms with Gasteiger partial charge in [-0.3, -0.25) is 4.79 Å². The zero-order chi connectivity index (χ0) is 13.6. The normalized spacial score (nSPS) is 10.8. The van der Waals surface area contributed by atoms with Crippen LogP contribution in [0.4, 0.5) is 18.9 Å². The van der Waals surface area contributed by atoms with Gasteiger partial charge in [0.1, 0.15) is 12.0 Å². The lowest BCUT2D eigenvalue weighted by molar-refractivity contribution is -0.274. The fraction of sp³-hybridized carbons (Fsp3) is 0.273. The number of aldehydes is 1. The van der Waals surface area contributed by atoms with Crippen molar-refractivity contribution < 1.29 is 27.5 Å². The molecule has 0 bridgehead atoms. The zero-order valence-corrected chi connectivity index (χ0v) is 9.16. The van der Waals surface area contributed by atoms with Crippen LogP contribution in [0.3, 0.4) is 0 Å². The molecular weight excluding hydrogens is 251 g/mol. The minimum atomic E-state index is -4.74. The van der Waals surface area contributed by atoms with Gasteiger partial charge in [-0.1, -0.05) is 0 Å². The summed E-state index contributed by atoms with van der Waals surface area (Å²) in [7, 11) is 0. The highest BCUT2D eigenvalue weighted by atomic mass is 19.4. The Balaban J connectivity index is 2.55. The summed E-state index contributed by atoms with van der Waals surface area (Å²) in [6, 6.07) is 4.73. The Bertz CT molecular complexity index is 415. The minimum absolute atomic E-state index is 0.0320. The summed E-state index contributed by atoms with van der Waals surface area (Å²) >= 11 is 0. The van der Waals surface area contributed by atoms with Gasteiger partial charge in [0.25, 0.3) is 0 Å². The second-order valence-corrected chi connectivity index (χ2v) is 3.33. The molecule has 0 aromatic heterocycles. The van der Waals surface area contributed by atoms with Crippen LogP contribution in [0.5, 0.6) is 5.75 Å². The Labute approximate surface area is 101 Å². The van der Waals surface area contributed by atoms with E-state index in [-0.39, 0.29) is 24.5 Å². The number of amides is 1. The maximum absolute atomic E-state index is 11.9. The second-order valence-electron chi connectivity index (χ2n) is 3.33. The van der Waals surface area contributed by atoms with E-state index >= 15 is 0 Å². The molecule has 0 aliphatic heterocycles. The van der Waals surface area contributed by atoms with Gasteiger partial charge in [-0.05, 0) is 24.3 Å². The van der Waals surface area contributed by atoms with Crippen molar-refractivity contribution in [2.24, 2.45) is 0 Å². The summed E-state index contributed by atoms with van der Waals surface area (Å²) in [5, 5.41) is 2.43. The first kappa shape index (κ1) is 14.0. The zero-order valence-electron chi connectivity index (χ0n) is 9.16. The van der Waals surface area contributed by atoms with Gasteiger partial charge in [0.2, 0.25) is 5.91 Å². The number of ether oxygens (including phenoxy) is 1. The number of carbonyl (C=O) groups is 2. The first-order chi connectivity index (χ1) is 8.40. The molecule has 18 heavy (non-hydrogen) atoms. The highest BCUT2D eigenvalue weighted by molar-refractivity contribution is 5.91. The van der Waals surface area contributed by atoms with E-state index in [1.54, 1.807) is 0 Å². The van der Waals surface area contributed by atoms with Crippen molar-refractivity contribution in [2.75, 3.05) is 5.32 Å². The molecule has 0 unspecified atom stereocenters. The summed E-state index contributed by atoms with van der Waals surface area (Å²) in [4.78, 5) is 21.2. The number of hydrogen-bond acceptors (Lipinski definition) is 3. The van der Waals surface area contributed by atoms with Crippen LogP contribution in [0.1, 0.15) is 12.8 Å². The summed E-state index contributed by atoms with van der Waals surface area (Å²) < 4.78 is 39.3. The second kappa shape index (κ2) is 6.04. The largest absolute Gasteiger partial charge is 0.573 e. The maximum atomic E-state index is 11.9. The lowest BCUT2D eigenvalue weighted by Gasteiger charge is -2.09. The van der Waals surface area contributed by atoms with E-state index in [2.05, 4.69) is 10.1 Å². The van der Waals surface area contributed by atoms with Crippen molar-refractivity contribution in [1.82, 2.24) is 0 Å². The molecule has 0 aliphatic carbocycles. The molecule has 0 saturated heterocycles. The van der Waals surface area contributed by atoms with Gasteiger partial charge < -0.3 is 14.8 Å². The third-order valence-corrected chi connectivity index (χ3v) is 1.86. The predicted molar refractivity (Wildman–Crippen MR) is 57.1 cm³/mol. The maximum Gasteiger partial charge on any atom is 0.573 e. The lowest BCUT2D eigenvalue weighted by Crippen LogP contribution is -2.17. The molecule has 4 nitrogen and oxygen atoms in total. The van der Waals surface area contributed by atoms with Crippen molar-refractivity contribution in [3.8, 4) is 5.75 Å². The van der Waals surface area contributed by atoms with Crippen LogP contribution in [0.15, 0.2) is 24.3 Å². The first-order valence-electron chi connectivity index (χ1n) is 5.00. The Morgan fingerprint density at radius 2 is 1.89 bits per heavy atom. The van der Waals surface area contributed by atoms with Gasteiger partial charge in [0.15, 0.2) is 0 Å². The molecular formula is C11H10F3NO3. The summed E-state index contributed by atoms with van der Waals surface area (Å²) in [5.41, 5.74) is 0.334. The molecule has 1 aromatic carbocycles. The monoisotopic (exact) mass is 261 g/mol. The van der Waals surface area contributed by atoms with E-state index in [0.29, 0.717) is 12.0 Å². The van der Waals surface area contributed by atoms with Gasteiger partial charge in [-0.2, -0.15) is 0 Å². The molecule has 0 fully saturated rings. The molecule has 0 atom stereocenters. The molecule has 98 valence electrons. The number of rotatable bonds is 5. The van der Waals surface area contributed by atoms with E-state index in [1.807, 2.05) is 0 Å². The summed E-state index contributed by atoms with van der Waals surface area (Å²) in [5.74, 6) is -0.750. The molecule has 0 aliphatic rings. The third kappa shape index (κ3) is 5.33. The molecule has 7 heteroatoms. The van der Waals surface area contributed by atoms with E-state index in [4.69, 9.17) is 0 Å². The molecule has 0 heterocycles. The molecule has 0 saturated carbocycles. The van der Waals surface area contributed by atoms with Gasteiger partial charge >= 0.3 is 6.36 Å². The number of carbonyl (C=O) groups excluding carboxylic acids is 2. The Kier molecular flexibility index (Phi) is 4.70. The average Bonchev–Trinajstić information content (AvgIpc) is 2.27. The van der Waals surface area contributed by atoms with Gasteiger partial charge in [0, 0.05) is 18.5 Å². The van der Waals surface area contributed by atoms with Crippen LogP contribution in [-0.4, -0.2) is 18.6 Å². The van der Waals surface area contributed by atoms with Crippen molar-refractivity contribution in [1.29, 1.82) is 0 Å². The van der Waals surface area contributed by atoms with E-state index in [0.717, 1.165) is 12.1 Å². The van der Waals surface area contributed by atoms with Crippen LogP contribution >= 0.6 is 0 Å². The number of nitrogens with one attached hydrogen (secondary N) is 1. The van der Waals surface area contributed by atoms with Crippen molar-refractivity contribution >= 4 is 17.9 Å². The minimum Gasteiger partial charge on any atom is -0.406 e. The number of halogens is 3. The Morgan fingerprint density at radius 1 is 1.28 bits per heavy atom. The van der Waals surface area contributed by atoms with Crippen LogP contribution < -0.4 is 10.1 Å². The van der Waals surface area contributed by atoms with E-state index < -0.39 is 6.36 Å². The first-order valence-corrected chi connectivity index (χ1v) is 5.00. The lowest BCUT2D eigenvalue weighted by atomic mass is 10.2. The highest BCUT2D eigenvalue weighted by Gasteiger charge is 2.30.